The molecule has 5 heavy (non-hydrogen) atoms. The molecule has 0 aromatic rings. The summed E-state index contributed by atoms with van der Waals surface area (Å²) in [5.74, 6) is 0. The normalized spacial score (nSPS) is 5.40. The fourth-order valence-electron chi connectivity index (χ4n) is 0. The van der Waals surface area contributed by atoms with Crippen LogP contribution >= 0.6 is 0 Å². The minimum Gasteiger partial charge on any atom is -1.00 e. The predicted octanol–water partition coefficient (Wildman–Crippen LogP) is 0.724. The molecule has 0 saturated heterocycles. The second-order valence-corrected chi connectivity index (χ2v) is 0.247. The fourth-order valence-corrected chi connectivity index (χ4v) is 0. The molecule has 0 bridgehead atoms. The van der Waals surface area contributed by atoms with E-state index >= 15 is 0 Å². The van der Waals surface area contributed by atoms with E-state index in [1.807, 2.05) is 0 Å². The molecule has 0 amide bonds. The van der Waals surface area contributed by atoms with E-state index in [0.29, 0.717) is 0 Å². The summed E-state index contributed by atoms with van der Waals surface area (Å²) in [6, 6.07) is 0. The third-order valence-corrected chi connectivity index (χ3v) is 0. The van der Waals surface area contributed by atoms with Gasteiger partial charge in [0.2, 0.25) is 0 Å². The first kappa shape index (κ1) is 9.66. The zero-order valence-electron chi connectivity index (χ0n) is 4.42. The number of hydrogen-bond acceptors (Lipinski definition) is 0. The summed E-state index contributed by atoms with van der Waals surface area (Å²) in [7, 11) is -3.67. The van der Waals surface area contributed by atoms with Gasteiger partial charge in [-0.3, -0.25) is 12.9 Å². The molecule has 0 aromatic carbocycles. The molecule has 0 fully saturated rings. The van der Waals surface area contributed by atoms with Crippen molar-refractivity contribution >= 4 is 56.4 Å². The topological polar surface area (TPSA) is 0 Å². The molecule has 0 heterocycles. The van der Waals surface area contributed by atoms with Gasteiger partial charge >= 0.3 is 56.4 Å². The summed E-state index contributed by atoms with van der Waals surface area (Å²) < 4.78 is 29.0. The van der Waals surface area contributed by atoms with Crippen LogP contribution in [0.5, 0.6) is 0 Å². The maximum Gasteiger partial charge on any atom is 2.00 e. The minimum atomic E-state index is -3.67. The summed E-state index contributed by atoms with van der Waals surface area (Å²) in [5, 5.41) is 0. The van der Waals surface area contributed by atoms with Gasteiger partial charge in [-0.25, -0.2) is 0 Å². The van der Waals surface area contributed by atoms with Crippen LogP contribution in [0.1, 0.15) is 2.85 Å². The second kappa shape index (κ2) is 5.43. The van der Waals surface area contributed by atoms with E-state index in [4.69, 9.17) is 0 Å². The van der Waals surface area contributed by atoms with Crippen molar-refractivity contribution < 1.29 is 15.8 Å². The standard InChI is InChI=1S/BF3.Ba.2H/c2-1(3)4;;;/q;+2;2*-1. The predicted molar refractivity (Wildman–Crippen MR) is 17.1 cm³/mol. The zero-order chi connectivity index (χ0) is 3.58. The van der Waals surface area contributed by atoms with Crippen LogP contribution < -0.4 is 0 Å². The Morgan fingerprint density at radius 1 is 1.20 bits per heavy atom. The monoisotopic (exact) mass is 208 g/mol. The van der Waals surface area contributed by atoms with Crippen molar-refractivity contribution in [2.75, 3.05) is 0 Å². The van der Waals surface area contributed by atoms with Crippen molar-refractivity contribution in [2.24, 2.45) is 0 Å². The second-order valence-electron chi connectivity index (χ2n) is 0.247. The summed E-state index contributed by atoms with van der Waals surface area (Å²) in [6.45, 7) is 0. The van der Waals surface area contributed by atoms with Gasteiger partial charge in [0.15, 0.2) is 0 Å². The molecule has 0 spiro atoms. The van der Waals surface area contributed by atoms with Gasteiger partial charge in [0.25, 0.3) is 0 Å². The molecule has 0 N–H and O–H groups in total. The molecule has 0 saturated carbocycles. The molecule has 28 valence electrons. The maximum absolute atomic E-state index is 9.67. The minimum absolute atomic E-state index is 0. The molecule has 0 aliphatic rings. The van der Waals surface area contributed by atoms with Gasteiger partial charge in [-0.1, -0.05) is 0 Å². The van der Waals surface area contributed by atoms with Crippen molar-refractivity contribution in [3.05, 3.63) is 0 Å². The van der Waals surface area contributed by atoms with Crippen LogP contribution in [0.15, 0.2) is 0 Å². The smallest absolute Gasteiger partial charge is 1.00 e. The van der Waals surface area contributed by atoms with E-state index in [9.17, 15) is 12.9 Å². The van der Waals surface area contributed by atoms with Crippen LogP contribution in [-0.4, -0.2) is 56.4 Å². The van der Waals surface area contributed by atoms with Crippen LogP contribution in [0.3, 0.4) is 0 Å². The number of rotatable bonds is 0. The summed E-state index contributed by atoms with van der Waals surface area (Å²) in [5.41, 5.74) is 0. The Morgan fingerprint density at radius 2 is 1.20 bits per heavy atom. The first-order valence-corrected chi connectivity index (χ1v) is 0.655. The van der Waals surface area contributed by atoms with Crippen LogP contribution in [-0.2, 0) is 0 Å². The molecule has 0 aromatic heterocycles. The Kier molecular flexibility index (Phi) is 10.5. The Morgan fingerprint density at radius 3 is 1.20 bits per heavy atom. The first-order chi connectivity index (χ1) is 1.73. The number of halogens is 3. The van der Waals surface area contributed by atoms with Gasteiger partial charge in [0.05, 0.1) is 0 Å². The van der Waals surface area contributed by atoms with Crippen LogP contribution in [0, 0.1) is 0 Å². The van der Waals surface area contributed by atoms with Gasteiger partial charge in [0.1, 0.15) is 0 Å². The van der Waals surface area contributed by atoms with Crippen LogP contribution in [0.2, 0.25) is 0 Å². The average Bonchev–Trinajstić information content (AvgIpc) is 0.811. The van der Waals surface area contributed by atoms with E-state index < -0.39 is 7.54 Å². The Labute approximate surface area is 71.4 Å². The van der Waals surface area contributed by atoms with Crippen molar-refractivity contribution in [1.82, 2.24) is 0 Å². The summed E-state index contributed by atoms with van der Waals surface area (Å²) in [6.07, 6.45) is 0. The summed E-state index contributed by atoms with van der Waals surface area (Å²) >= 11 is 0. The van der Waals surface area contributed by atoms with E-state index in [1.165, 1.54) is 0 Å². The van der Waals surface area contributed by atoms with E-state index in [-0.39, 0.29) is 51.7 Å². The van der Waals surface area contributed by atoms with Crippen molar-refractivity contribution in [2.45, 2.75) is 0 Å². The van der Waals surface area contributed by atoms with Crippen molar-refractivity contribution in [3.63, 3.8) is 0 Å². The van der Waals surface area contributed by atoms with Crippen molar-refractivity contribution in [3.8, 4) is 0 Å². The average molecular weight is 207 g/mol. The Balaban J connectivity index is -0.0000000150. The van der Waals surface area contributed by atoms with Gasteiger partial charge in [-0.15, -0.1) is 0 Å². The van der Waals surface area contributed by atoms with Gasteiger partial charge in [-0.2, -0.15) is 0 Å². The number of hydrogen-bond donors (Lipinski definition) is 0. The molecule has 0 unspecified atom stereocenters. The first-order valence-electron chi connectivity index (χ1n) is 0.655. The fraction of sp³-hybridized carbons (Fsp3) is 0. The van der Waals surface area contributed by atoms with Gasteiger partial charge < -0.3 is 2.85 Å². The summed E-state index contributed by atoms with van der Waals surface area (Å²) in [4.78, 5) is 0. The third-order valence-electron chi connectivity index (χ3n) is 0. The molecule has 0 rings (SSSR count). The zero-order valence-corrected chi connectivity index (χ0v) is 6.86. The maximum atomic E-state index is 9.67. The molecule has 0 aliphatic heterocycles. The van der Waals surface area contributed by atoms with Crippen LogP contribution in [0.25, 0.3) is 0 Å². The molecule has 0 atom stereocenters. The molecule has 0 nitrogen and oxygen atoms in total. The molecule has 0 radical (unpaired) electrons. The quantitative estimate of drug-likeness (QED) is 0.513. The Hall–Kier alpha value is 1.43. The molecular weight excluding hydrogens is 205 g/mol. The van der Waals surface area contributed by atoms with Crippen LogP contribution in [0.4, 0.5) is 12.9 Å². The molecule has 5 heteroatoms. The van der Waals surface area contributed by atoms with Gasteiger partial charge in [0, 0.05) is 0 Å². The molecule has 0 aliphatic carbocycles. The Bertz CT molecular complexity index is 17.7. The molecular formula is H2BBaF3. The SMILES string of the molecule is FB(F)F.[Ba+2].[H-].[H-]. The van der Waals surface area contributed by atoms with E-state index in [2.05, 4.69) is 0 Å². The van der Waals surface area contributed by atoms with Gasteiger partial charge in [-0.05, 0) is 0 Å². The van der Waals surface area contributed by atoms with E-state index in [1.54, 1.807) is 0 Å². The van der Waals surface area contributed by atoms with Crippen molar-refractivity contribution in [1.29, 1.82) is 0 Å². The third kappa shape index (κ3) is 31.3. The van der Waals surface area contributed by atoms with E-state index in [0.717, 1.165) is 0 Å². The largest absolute Gasteiger partial charge is 2.00 e.